The van der Waals surface area contributed by atoms with E-state index in [1.54, 1.807) is 6.07 Å². The zero-order chi connectivity index (χ0) is 19.7. The lowest BCUT2D eigenvalue weighted by Crippen LogP contribution is -2.26. The van der Waals surface area contributed by atoms with Gasteiger partial charge in [0.05, 0.1) is 13.0 Å². The largest absolute Gasteiger partial charge is 0.508 e. The molecule has 0 aromatic heterocycles. The Morgan fingerprint density at radius 3 is 2.63 bits per heavy atom. The third kappa shape index (κ3) is 3.43. The average molecular weight is 370 g/mol. The molecule has 2 aromatic rings. The maximum absolute atomic E-state index is 13.0. The van der Waals surface area contributed by atoms with Crippen molar-refractivity contribution in [3.05, 3.63) is 52.6 Å². The number of benzene rings is 2. The predicted octanol–water partition coefficient (Wildman–Crippen LogP) is 3.68. The summed E-state index contributed by atoms with van der Waals surface area (Å²) in [5, 5.41) is 30.0. The average Bonchev–Trinajstić information content (AvgIpc) is 2.60. The number of ether oxygens (including phenoxy) is 2. The maximum atomic E-state index is 13.0. The fourth-order valence-electron chi connectivity index (χ4n) is 3.26. The molecule has 1 heterocycles. The van der Waals surface area contributed by atoms with Crippen molar-refractivity contribution in [3.8, 4) is 28.7 Å². The molecule has 1 aliphatic rings. The molecule has 0 unspecified atom stereocenters. The summed E-state index contributed by atoms with van der Waals surface area (Å²) in [6.45, 7) is 3.96. The lowest BCUT2D eigenvalue weighted by Gasteiger charge is -2.27. The number of fused-ring (bicyclic) bond motifs is 1. The van der Waals surface area contributed by atoms with Crippen LogP contribution >= 0.6 is 0 Å². The molecule has 1 atom stereocenters. The zero-order valence-corrected chi connectivity index (χ0v) is 15.4. The van der Waals surface area contributed by atoms with Crippen LogP contribution in [0.15, 0.2) is 35.9 Å². The quantitative estimate of drug-likeness (QED) is 0.711. The van der Waals surface area contributed by atoms with Crippen LogP contribution in [0.25, 0.3) is 0 Å². The number of rotatable bonds is 4. The van der Waals surface area contributed by atoms with Gasteiger partial charge in [0.2, 0.25) is 0 Å². The number of hydrogen-bond donors (Lipinski definition) is 3. The second-order valence-corrected chi connectivity index (χ2v) is 6.74. The molecule has 142 valence electrons. The van der Waals surface area contributed by atoms with E-state index in [2.05, 4.69) is 0 Å². The van der Waals surface area contributed by atoms with Crippen LogP contribution in [0, 0.1) is 0 Å². The summed E-state index contributed by atoms with van der Waals surface area (Å²) in [6.07, 6.45) is 2.42. The summed E-state index contributed by atoms with van der Waals surface area (Å²) in [5.74, 6) is -0.872. The Labute approximate surface area is 157 Å². The first-order valence-corrected chi connectivity index (χ1v) is 8.58. The van der Waals surface area contributed by atoms with Crippen molar-refractivity contribution in [2.45, 2.75) is 26.2 Å². The van der Waals surface area contributed by atoms with Crippen molar-refractivity contribution in [1.29, 1.82) is 0 Å². The van der Waals surface area contributed by atoms with Crippen molar-refractivity contribution >= 4 is 5.78 Å². The number of allylic oxidation sites excluding steroid dienone is 2. The van der Waals surface area contributed by atoms with Gasteiger partial charge < -0.3 is 24.8 Å². The molecule has 3 rings (SSSR count). The first kappa shape index (κ1) is 18.6. The monoisotopic (exact) mass is 370 g/mol. The second-order valence-electron chi connectivity index (χ2n) is 6.74. The Morgan fingerprint density at radius 2 is 1.96 bits per heavy atom. The zero-order valence-electron chi connectivity index (χ0n) is 15.4. The Kier molecular flexibility index (Phi) is 4.99. The molecular weight excluding hydrogens is 348 g/mol. The molecule has 0 radical (unpaired) electrons. The summed E-state index contributed by atoms with van der Waals surface area (Å²) in [6, 6.07) is 5.58. The lowest BCUT2D eigenvalue weighted by atomic mass is 9.86. The minimum Gasteiger partial charge on any atom is -0.508 e. The Morgan fingerprint density at radius 1 is 1.22 bits per heavy atom. The molecule has 6 nitrogen and oxygen atoms in total. The Hall–Kier alpha value is -3.15. The topological polar surface area (TPSA) is 96.2 Å². The van der Waals surface area contributed by atoms with Gasteiger partial charge in [-0.15, -0.1) is 0 Å². The minimum absolute atomic E-state index is 0.0324. The van der Waals surface area contributed by atoms with Crippen LogP contribution in [0.2, 0.25) is 0 Å². The number of carbonyl (C=O) groups is 1. The van der Waals surface area contributed by atoms with Gasteiger partial charge in [-0.3, -0.25) is 4.79 Å². The summed E-state index contributed by atoms with van der Waals surface area (Å²) in [7, 11) is 1.49. The van der Waals surface area contributed by atoms with Crippen molar-refractivity contribution in [2.75, 3.05) is 13.7 Å². The summed E-state index contributed by atoms with van der Waals surface area (Å²) in [4.78, 5) is 13.0. The summed E-state index contributed by atoms with van der Waals surface area (Å²) < 4.78 is 11.1. The molecule has 0 spiro atoms. The van der Waals surface area contributed by atoms with E-state index in [9.17, 15) is 20.1 Å². The number of Topliss-reactive ketones (excluding diaryl/α,β-unsaturated/α-hetero) is 1. The molecule has 3 N–H and O–H groups in total. The van der Waals surface area contributed by atoms with Gasteiger partial charge in [-0.05, 0) is 26.3 Å². The number of aromatic hydroxyl groups is 3. The van der Waals surface area contributed by atoms with Crippen LogP contribution in [0.3, 0.4) is 0 Å². The van der Waals surface area contributed by atoms with Gasteiger partial charge in [-0.1, -0.05) is 17.7 Å². The van der Waals surface area contributed by atoms with Crippen LogP contribution in [0.4, 0.5) is 0 Å². The molecule has 0 bridgehead atoms. The van der Waals surface area contributed by atoms with E-state index in [-0.39, 0.29) is 41.0 Å². The van der Waals surface area contributed by atoms with E-state index in [0.29, 0.717) is 23.3 Å². The van der Waals surface area contributed by atoms with Crippen molar-refractivity contribution < 1.29 is 29.6 Å². The van der Waals surface area contributed by atoms with E-state index in [1.807, 2.05) is 19.9 Å². The molecule has 6 heteroatoms. The Bertz CT molecular complexity index is 925. The number of phenols is 3. The molecule has 1 aliphatic heterocycles. The smallest absolute Gasteiger partial charge is 0.181 e. The molecule has 0 aliphatic carbocycles. The first-order chi connectivity index (χ1) is 12.8. The van der Waals surface area contributed by atoms with Gasteiger partial charge in [0.25, 0.3) is 0 Å². The van der Waals surface area contributed by atoms with Crippen molar-refractivity contribution in [2.24, 2.45) is 0 Å². The molecule has 0 fully saturated rings. The number of carbonyl (C=O) groups excluding carboxylic acids is 1. The fourth-order valence-corrected chi connectivity index (χ4v) is 3.26. The van der Waals surface area contributed by atoms with Gasteiger partial charge in [0.1, 0.15) is 40.9 Å². The third-order valence-corrected chi connectivity index (χ3v) is 4.59. The number of methoxy groups -OCH3 is 1. The standard InChI is InChI=1S/C21H22O6/c1-11(2)4-5-14-16(23)7-6-13(21(14)26-3)15-10-27-18-9-12(22)8-17(24)19(18)20(15)25/h4,6-9,15,22-24H,5,10H2,1-3H3/t15-/m1/s1. The number of ketones is 1. The van der Waals surface area contributed by atoms with Crippen molar-refractivity contribution in [1.82, 2.24) is 0 Å². The van der Waals surface area contributed by atoms with Crippen LogP contribution in [0.1, 0.15) is 41.3 Å². The summed E-state index contributed by atoms with van der Waals surface area (Å²) >= 11 is 0. The van der Waals surface area contributed by atoms with E-state index >= 15 is 0 Å². The van der Waals surface area contributed by atoms with E-state index in [0.717, 1.165) is 11.6 Å². The van der Waals surface area contributed by atoms with E-state index in [1.165, 1.54) is 19.2 Å². The van der Waals surface area contributed by atoms with Crippen LogP contribution in [-0.4, -0.2) is 34.8 Å². The van der Waals surface area contributed by atoms with Gasteiger partial charge in [0.15, 0.2) is 5.78 Å². The SMILES string of the molecule is COc1c([C@H]2COc3cc(O)cc(O)c3C2=O)ccc(O)c1CC=C(C)C. The highest BCUT2D eigenvalue weighted by Gasteiger charge is 2.35. The highest BCUT2D eigenvalue weighted by Crippen LogP contribution is 2.44. The van der Waals surface area contributed by atoms with E-state index in [4.69, 9.17) is 9.47 Å². The van der Waals surface area contributed by atoms with Crippen LogP contribution < -0.4 is 9.47 Å². The molecule has 27 heavy (non-hydrogen) atoms. The van der Waals surface area contributed by atoms with Crippen LogP contribution in [0.5, 0.6) is 28.7 Å². The van der Waals surface area contributed by atoms with E-state index < -0.39 is 5.92 Å². The van der Waals surface area contributed by atoms with Gasteiger partial charge in [-0.25, -0.2) is 0 Å². The lowest BCUT2D eigenvalue weighted by molar-refractivity contribution is 0.0890. The van der Waals surface area contributed by atoms with Gasteiger partial charge in [-0.2, -0.15) is 0 Å². The number of phenolic OH excluding ortho intramolecular Hbond substituents is 3. The first-order valence-electron chi connectivity index (χ1n) is 8.58. The minimum atomic E-state index is -0.700. The second kappa shape index (κ2) is 7.23. The van der Waals surface area contributed by atoms with Gasteiger partial charge in [0, 0.05) is 23.3 Å². The number of hydrogen-bond acceptors (Lipinski definition) is 6. The maximum Gasteiger partial charge on any atom is 0.181 e. The molecule has 2 aromatic carbocycles. The molecule has 0 saturated heterocycles. The third-order valence-electron chi connectivity index (χ3n) is 4.59. The fraction of sp³-hybridized carbons (Fsp3) is 0.286. The molecule has 0 amide bonds. The predicted molar refractivity (Wildman–Crippen MR) is 100 cm³/mol. The molecular formula is C21H22O6. The normalized spacial score (nSPS) is 15.7. The van der Waals surface area contributed by atoms with Gasteiger partial charge >= 0.3 is 0 Å². The highest BCUT2D eigenvalue weighted by molar-refractivity contribution is 6.07. The molecule has 0 saturated carbocycles. The Balaban J connectivity index is 2.08. The van der Waals surface area contributed by atoms with Crippen molar-refractivity contribution in [3.63, 3.8) is 0 Å². The highest BCUT2D eigenvalue weighted by atomic mass is 16.5. The summed E-state index contributed by atoms with van der Waals surface area (Å²) in [5.41, 5.74) is 2.29. The van der Waals surface area contributed by atoms with Crippen LogP contribution in [-0.2, 0) is 6.42 Å².